The van der Waals surface area contributed by atoms with Gasteiger partial charge < -0.3 is 30.1 Å². The Morgan fingerprint density at radius 2 is 1.70 bits per heavy atom. The van der Waals surface area contributed by atoms with Crippen molar-refractivity contribution in [2.75, 3.05) is 19.7 Å². The van der Waals surface area contributed by atoms with E-state index < -0.39 is 41.6 Å². The van der Waals surface area contributed by atoms with E-state index in [1.807, 2.05) is 0 Å². The number of rotatable bonds is 13. The Labute approximate surface area is 235 Å². The minimum Gasteiger partial charge on any atom is -0.508 e. The van der Waals surface area contributed by atoms with Gasteiger partial charge in [0.15, 0.2) is 0 Å². The van der Waals surface area contributed by atoms with Crippen LogP contribution in [0.4, 0.5) is 4.79 Å². The first kappa shape index (κ1) is 31.9. The number of nitrogens with zero attached hydrogens (tertiary/aromatic N) is 1. The summed E-state index contributed by atoms with van der Waals surface area (Å²) in [6, 6.07) is 12.8. The van der Waals surface area contributed by atoms with Crippen molar-refractivity contribution in [2.45, 2.75) is 58.2 Å². The normalized spacial score (nSPS) is 12.4. The van der Waals surface area contributed by atoms with Crippen molar-refractivity contribution in [2.24, 2.45) is 0 Å². The predicted molar refractivity (Wildman–Crippen MR) is 150 cm³/mol. The van der Waals surface area contributed by atoms with Crippen molar-refractivity contribution in [3.8, 4) is 5.75 Å². The molecule has 0 bridgehead atoms. The number of hydrogen-bond donors (Lipinski definition) is 3. The first-order valence-corrected chi connectivity index (χ1v) is 13.1. The molecule has 0 saturated carbocycles. The van der Waals surface area contributed by atoms with Crippen LogP contribution in [0.2, 0.25) is 0 Å². The number of benzene rings is 2. The van der Waals surface area contributed by atoms with Crippen LogP contribution in [0.1, 0.15) is 51.3 Å². The second-order valence-corrected chi connectivity index (χ2v) is 10.0. The van der Waals surface area contributed by atoms with Crippen molar-refractivity contribution in [1.29, 1.82) is 0 Å². The number of esters is 1. The molecule has 3 N–H and O–H groups in total. The summed E-state index contributed by atoms with van der Waals surface area (Å²) in [7, 11) is 0. The molecule has 40 heavy (non-hydrogen) atoms. The van der Waals surface area contributed by atoms with Crippen LogP contribution in [0.3, 0.4) is 0 Å². The first-order chi connectivity index (χ1) is 18.9. The molecule has 10 nitrogen and oxygen atoms in total. The van der Waals surface area contributed by atoms with E-state index in [0.717, 1.165) is 0 Å². The summed E-state index contributed by atoms with van der Waals surface area (Å²) >= 11 is 0. The molecule has 3 amide bonds. The molecule has 0 heterocycles. The molecule has 0 saturated heterocycles. The van der Waals surface area contributed by atoms with Gasteiger partial charge in [-0.25, -0.2) is 4.79 Å². The minimum absolute atomic E-state index is 0.00817. The molecule has 2 aromatic rings. The second-order valence-electron chi connectivity index (χ2n) is 10.0. The van der Waals surface area contributed by atoms with E-state index in [1.54, 1.807) is 70.2 Å². The Morgan fingerprint density at radius 1 is 1.05 bits per heavy atom. The average Bonchev–Trinajstić information content (AvgIpc) is 2.88. The smallest absolute Gasteiger partial charge is 0.408 e. The number of hydrogen-bond acceptors (Lipinski definition) is 7. The molecule has 0 fully saturated rings. The molecule has 0 aliphatic rings. The third kappa shape index (κ3) is 10.4. The zero-order valence-electron chi connectivity index (χ0n) is 23.5. The van der Waals surface area contributed by atoms with Gasteiger partial charge in [-0.1, -0.05) is 48.5 Å². The molecule has 10 heteroatoms. The maximum Gasteiger partial charge on any atom is 0.408 e. The van der Waals surface area contributed by atoms with Crippen molar-refractivity contribution < 1.29 is 33.8 Å². The Kier molecular flexibility index (Phi) is 12.2. The van der Waals surface area contributed by atoms with E-state index in [-0.39, 0.29) is 38.3 Å². The van der Waals surface area contributed by atoms with Crippen molar-refractivity contribution in [1.82, 2.24) is 15.5 Å². The maximum atomic E-state index is 14.1. The number of carbonyl (C=O) groups excluding carboxylic acids is 4. The van der Waals surface area contributed by atoms with Gasteiger partial charge in [-0.15, -0.1) is 6.58 Å². The van der Waals surface area contributed by atoms with Gasteiger partial charge in [0.05, 0.1) is 13.0 Å². The Morgan fingerprint density at radius 3 is 2.27 bits per heavy atom. The fourth-order valence-electron chi connectivity index (χ4n) is 3.91. The van der Waals surface area contributed by atoms with Crippen molar-refractivity contribution in [3.05, 3.63) is 78.4 Å². The molecular formula is C30H39N3O7. The zero-order valence-corrected chi connectivity index (χ0v) is 23.5. The Hall–Kier alpha value is -4.34. The lowest BCUT2D eigenvalue weighted by Gasteiger charge is -2.34. The molecule has 216 valence electrons. The van der Waals surface area contributed by atoms with Crippen LogP contribution in [0.15, 0.2) is 67.3 Å². The lowest BCUT2D eigenvalue weighted by Crippen LogP contribution is -2.54. The van der Waals surface area contributed by atoms with Crippen LogP contribution in [0.5, 0.6) is 5.75 Å². The summed E-state index contributed by atoms with van der Waals surface area (Å²) < 4.78 is 10.3. The van der Waals surface area contributed by atoms with Gasteiger partial charge in [-0.3, -0.25) is 14.4 Å². The van der Waals surface area contributed by atoms with Crippen LogP contribution in [-0.4, -0.2) is 65.2 Å². The van der Waals surface area contributed by atoms with E-state index in [2.05, 4.69) is 17.2 Å². The second kappa shape index (κ2) is 15.3. The summed E-state index contributed by atoms with van der Waals surface area (Å²) in [5.41, 5.74) is 0.399. The van der Waals surface area contributed by atoms with E-state index in [4.69, 9.17) is 9.47 Å². The first-order valence-electron chi connectivity index (χ1n) is 13.1. The van der Waals surface area contributed by atoms with E-state index in [0.29, 0.717) is 11.1 Å². The van der Waals surface area contributed by atoms with E-state index in [1.165, 1.54) is 23.1 Å². The van der Waals surface area contributed by atoms with Gasteiger partial charge in [0, 0.05) is 19.5 Å². The predicted octanol–water partition coefficient (Wildman–Crippen LogP) is 3.65. The molecule has 0 aliphatic heterocycles. The third-order valence-corrected chi connectivity index (χ3v) is 5.58. The molecule has 0 aromatic heterocycles. The summed E-state index contributed by atoms with van der Waals surface area (Å²) in [6.45, 7) is 10.8. The van der Waals surface area contributed by atoms with Crippen LogP contribution in [0.25, 0.3) is 0 Å². The van der Waals surface area contributed by atoms with Gasteiger partial charge in [-0.2, -0.15) is 0 Å². The standard InChI is InChI=1S/C30H39N3O7/c1-6-19-33(26(22-11-9-8-10-12-22)27(36)31-18-17-25(35)39-7-2)28(37)24(32-29(38)40-30(3,4)5)20-21-13-15-23(34)16-14-21/h6,8-16,24,26,34H,1,7,17-20H2,2-5H3,(H,31,36)(H,32,38). The lowest BCUT2D eigenvalue weighted by atomic mass is 10.00. The number of phenolic OH excluding ortho intramolecular Hbond substituents is 1. The summed E-state index contributed by atoms with van der Waals surface area (Å²) in [4.78, 5) is 53.4. The number of carbonyl (C=O) groups is 4. The van der Waals surface area contributed by atoms with Gasteiger partial charge in [0.25, 0.3) is 0 Å². The van der Waals surface area contributed by atoms with Crippen LogP contribution in [-0.2, 0) is 30.3 Å². The number of nitrogens with one attached hydrogen (secondary N) is 2. The number of alkyl carbamates (subject to hydrolysis) is 1. The molecule has 2 unspecified atom stereocenters. The zero-order chi connectivity index (χ0) is 29.7. The SMILES string of the molecule is C=CCN(C(=O)C(Cc1ccc(O)cc1)NC(=O)OC(C)(C)C)C(C(=O)NCCC(=O)OCC)c1ccccc1. The van der Waals surface area contributed by atoms with Crippen molar-refractivity contribution in [3.63, 3.8) is 0 Å². The number of phenols is 1. The fraction of sp³-hybridized carbons (Fsp3) is 0.400. The molecular weight excluding hydrogens is 514 g/mol. The van der Waals surface area contributed by atoms with E-state index >= 15 is 0 Å². The summed E-state index contributed by atoms with van der Waals surface area (Å²) in [5.74, 6) is -1.45. The lowest BCUT2D eigenvalue weighted by molar-refractivity contribution is -0.144. The van der Waals surface area contributed by atoms with Crippen LogP contribution in [0, 0.1) is 0 Å². The van der Waals surface area contributed by atoms with Gasteiger partial charge in [0.2, 0.25) is 11.8 Å². The van der Waals surface area contributed by atoms with Gasteiger partial charge in [0.1, 0.15) is 23.4 Å². The molecule has 0 aliphatic carbocycles. The molecule has 0 radical (unpaired) electrons. The Bertz CT molecular complexity index is 1140. The molecule has 2 atom stereocenters. The van der Waals surface area contributed by atoms with Crippen LogP contribution < -0.4 is 10.6 Å². The number of ether oxygens (including phenoxy) is 2. The van der Waals surface area contributed by atoms with E-state index in [9.17, 15) is 24.3 Å². The molecule has 2 aromatic carbocycles. The minimum atomic E-state index is -1.11. The molecule has 0 spiro atoms. The van der Waals surface area contributed by atoms with Gasteiger partial charge in [-0.05, 0) is 51.0 Å². The highest BCUT2D eigenvalue weighted by atomic mass is 16.6. The largest absolute Gasteiger partial charge is 0.508 e. The fourth-order valence-corrected chi connectivity index (χ4v) is 3.91. The highest BCUT2D eigenvalue weighted by Gasteiger charge is 2.35. The summed E-state index contributed by atoms with van der Waals surface area (Å²) in [5, 5.41) is 15.1. The monoisotopic (exact) mass is 553 g/mol. The highest BCUT2D eigenvalue weighted by Crippen LogP contribution is 2.24. The highest BCUT2D eigenvalue weighted by molar-refractivity contribution is 5.92. The van der Waals surface area contributed by atoms with Crippen LogP contribution >= 0.6 is 0 Å². The average molecular weight is 554 g/mol. The van der Waals surface area contributed by atoms with Gasteiger partial charge >= 0.3 is 12.1 Å². The number of aromatic hydroxyl groups is 1. The molecule has 2 rings (SSSR count). The van der Waals surface area contributed by atoms with Crippen molar-refractivity contribution >= 4 is 23.9 Å². The third-order valence-electron chi connectivity index (χ3n) is 5.58. The maximum absolute atomic E-state index is 14.1. The summed E-state index contributed by atoms with van der Waals surface area (Å²) in [6.07, 6.45) is 0.738. The quantitative estimate of drug-likeness (QED) is 0.255. The Balaban J connectivity index is 2.42. The topological polar surface area (TPSA) is 134 Å². The number of amides is 3.